The first kappa shape index (κ1) is 30.6. The van der Waals surface area contributed by atoms with Crippen LogP contribution in [-0.4, -0.2) is 65.3 Å². The van der Waals surface area contributed by atoms with Gasteiger partial charge >= 0.3 is 6.09 Å². The minimum Gasteiger partial charge on any atom is -0.465 e. The molecule has 5 amide bonds. The maximum Gasteiger partial charge on any atom is 0.405 e. The van der Waals surface area contributed by atoms with Gasteiger partial charge in [-0.1, -0.05) is 26.0 Å². The molecule has 0 aromatic heterocycles. The number of Topliss-reactive ketones (excluding diaryl/α,β-unsaturated/α-hetero) is 1. The number of carboxylic acid groups (broad SMARTS) is 1. The SMILES string of the molecule is CC(C)CC(NC(=O)O)C(=O)NC(C)C(=O)C(=O)NCCC(=O)NC(Cc1cccc(C#N)c1)C(N)=O. The van der Waals surface area contributed by atoms with E-state index in [1.54, 1.807) is 38.1 Å². The van der Waals surface area contributed by atoms with Crippen LogP contribution in [-0.2, 0) is 30.4 Å². The van der Waals surface area contributed by atoms with Gasteiger partial charge in [0.1, 0.15) is 12.1 Å². The Bertz CT molecular complexity index is 1070. The Balaban J connectivity index is 2.57. The van der Waals surface area contributed by atoms with Gasteiger partial charge in [0.2, 0.25) is 23.5 Å². The van der Waals surface area contributed by atoms with Crippen molar-refractivity contribution in [2.75, 3.05) is 6.54 Å². The van der Waals surface area contributed by atoms with E-state index in [-0.39, 0.29) is 31.7 Å². The lowest BCUT2D eigenvalue weighted by Crippen LogP contribution is -2.53. The van der Waals surface area contributed by atoms with Crippen molar-refractivity contribution in [2.45, 2.75) is 58.2 Å². The van der Waals surface area contributed by atoms with Crippen LogP contribution >= 0.6 is 0 Å². The van der Waals surface area contributed by atoms with Gasteiger partial charge in [0.25, 0.3) is 5.91 Å². The van der Waals surface area contributed by atoms with Gasteiger partial charge in [-0.3, -0.25) is 24.0 Å². The number of nitrogens with one attached hydrogen (secondary N) is 4. The summed E-state index contributed by atoms with van der Waals surface area (Å²) in [5.74, 6) is -4.19. The Morgan fingerprint density at radius 1 is 1.03 bits per heavy atom. The molecule has 0 heterocycles. The lowest BCUT2D eigenvalue weighted by molar-refractivity contribution is -0.140. The third-order valence-corrected chi connectivity index (χ3v) is 5.11. The van der Waals surface area contributed by atoms with Crippen LogP contribution in [0.3, 0.4) is 0 Å². The minimum absolute atomic E-state index is 0.0140. The molecule has 1 aromatic carbocycles. The van der Waals surface area contributed by atoms with Gasteiger partial charge in [0, 0.05) is 19.4 Å². The number of nitriles is 1. The number of primary amides is 1. The second kappa shape index (κ2) is 14.8. The molecular formula is C24H32N6O7. The zero-order chi connectivity index (χ0) is 28.1. The van der Waals surface area contributed by atoms with Crippen molar-refractivity contribution >= 4 is 35.5 Å². The first-order chi connectivity index (χ1) is 17.3. The number of carbonyl (C=O) groups is 6. The molecule has 13 heteroatoms. The van der Waals surface area contributed by atoms with Gasteiger partial charge < -0.3 is 32.1 Å². The van der Waals surface area contributed by atoms with Crippen molar-refractivity contribution in [3.8, 4) is 6.07 Å². The molecule has 3 atom stereocenters. The standard InChI is InChI=1S/C24H32N6O7/c1-13(2)9-18(30-24(36)37)22(34)28-14(3)20(32)23(35)27-8-7-19(31)29-17(21(26)33)11-15-5-4-6-16(10-15)12-25/h4-6,10,13-14,17-18,30H,7-9,11H2,1-3H3,(H2,26,33)(H,27,35)(H,28,34)(H,29,31)(H,36,37). The maximum atomic E-state index is 12.4. The van der Waals surface area contributed by atoms with Crippen LogP contribution < -0.4 is 27.0 Å². The van der Waals surface area contributed by atoms with Crippen LogP contribution in [0.25, 0.3) is 0 Å². The predicted molar refractivity (Wildman–Crippen MR) is 131 cm³/mol. The zero-order valence-electron chi connectivity index (χ0n) is 20.9. The number of hydrogen-bond donors (Lipinski definition) is 6. The third-order valence-electron chi connectivity index (χ3n) is 5.11. The highest BCUT2D eigenvalue weighted by molar-refractivity contribution is 6.38. The number of benzene rings is 1. The van der Waals surface area contributed by atoms with E-state index in [9.17, 15) is 28.8 Å². The molecule has 0 radical (unpaired) electrons. The molecule has 37 heavy (non-hydrogen) atoms. The molecular weight excluding hydrogens is 484 g/mol. The first-order valence-electron chi connectivity index (χ1n) is 11.5. The summed E-state index contributed by atoms with van der Waals surface area (Å²) in [5, 5.41) is 27.0. The molecule has 0 aliphatic carbocycles. The Morgan fingerprint density at radius 2 is 1.70 bits per heavy atom. The highest BCUT2D eigenvalue weighted by Gasteiger charge is 2.28. The first-order valence-corrected chi connectivity index (χ1v) is 11.5. The van der Waals surface area contributed by atoms with E-state index in [1.807, 2.05) is 6.07 Å². The van der Waals surface area contributed by atoms with E-state index in [0.717, 1.165) is 0 Å². The highest BCUT2D eigenvalue weighted by Crippen LogP contribution is 2.08. The van der Waals surface area contributed by atoms with Crippen molar-refractivity contribution < 1.29 is 33.9 Å². The average molecular weight is 517 g/mol. The van der Waals surface area contributed by atoms with Crippen LogP contribution in [0.2, 0.25) is 0 Å². The highest BCUT2D eigenvalue weighted by atomic mass is 16.4. The molecule has 1 aromatic rings. The van der Waals surface area contributed by atoms with E-state index in [1.165, 1.54) is 6.92 Å². The van der Waals surface area contributed by atoms with Gasteiger partial charge in [0.05, 0.1) is 17.7 Å². The van der Waals surface area contributed by atoms with Crippen LogP contribution in [0, 0.1) is 17.2 Å². The van der Waals surface area contributed by atoms with Crippen molar-refractivity contribution in [1.29, 1.82) is 5.26 Å². The Labute approximate surface area is 214 Å². The van der Waals surface area contributed by atoms with E-state index in [2.05, 4.69) is 21.3 Å². The molecule has 1 rings (SSSR count). The normalized spacial score (nSPS) is 12.8. The molecule has 0 fully saturated rings. The fourth-order valence-electron chi connectivity index (χ4n) is 3.30. The molecule has 3 unspecified atom stereocenters. The van der Waals surface area contributed by atoms with Gasteiger partial charge in [-0.15, -0.1) is 0 Å². The second-order valence-electron chi connectivity index (χ2n) is 8.77. The summed E-state index contributed by atoms with van der Waals surface area (Å²) < 4.78 is 0. The quantitative estimate of drug-likeness (QED) is 0.174. The topological polar surface area (TPSA) is 221 Å². The summed E-state index contributed by atoms with van der Waals surface area (Å²) >= 11 is 0. The molecule has 0 aliphatic heterocycles. The van der Waals surface area contributed by atoms with Crippen molar-refractivity contribution in [3.63, 3.8) is 0 Å². The fourth-order valence-corrected chi connectivity index (χ4v) is 3.30. The third kappa shape index (κ3) is 11.2. The van der Waals surface area contributed by atoms with Gasteiger partial charge in [-0.25, -0.2) is 4.79 Å². The lowest BCUT2D eigenvalue weighted by Gasteiger charge is -2.21. The average Bonchev–Trinajstić information content (AvgIpc) is 2.81. The predicted octanol–water partition coefficient (Wildman–Crippen LogP) is -0.667. The Kier molecular flexibility index (Phi) is 12.2. The van der Waals surface area contributed by atoms with Crippen molar-refractivity contribution in [1.82, 2.24) is 21.3 Å². The second-order valence-corrected chi connectivity index (χ2v) is 8.77. The molecule has 0 saturated carbocycles. The molecule has 200 valence electrons. The number of rotatable bonds is 14. The molecule has 0 spiro atoms. The number of hydrogen-bond acceptors (Lipinski definition) is 7. The summed E-state index contributed by atoms with van der Waals surface area (Å²) in [6.07, 6.45) is -1.41. The maximum absolute atomic E-state index is 12.4. The van der Waals surface area contributed by atoms with Gasteiger partial charge in [-0.05, 0) is 37.0 Å². The largest absolute Gasteiger partial charge is 0.465 e. The molecule has 0 saturated heterocycles. The Hall–Kier alpha value is -4.47. The van der Waals surface area contributed by atoms with E-state index in [4.69, 9.17) is 16.1 Å². The van der Waals surface area contributed by atoms with Crippen molar-refractivity contribution in [2.24, 2.45) is 11.7 Å². The van der Waals surface area contributed by atoms with Gasteiger partial charge in [-0.2, -0.15) is 5.26 Å². The molecule has 13 nitrogen and oxygen atoms in total. The van der Waals surface area contributed by atoms with Crippen LogP contribution in [0.1, 0.15) is 44.7 Å². The summed E-state index contributed by atoms with van der Waals surface area (Å²) in [6, 6.07) is 5.06. The van der Waals surface area contributed by atoms with Crippen LogP contribution in [0.15, 0.2) is 24.3 Å². The van der Waals surface area contributed by atoms with E-state index >= 15 is 0 Å². The number of ketones is 1. The summed E-state index contributed by atoms with van der Waals surface area (Å²) in [4.78, 5) is 71.7. The van der Waals surface area contributed by atoms with Crippen LogP contribution in [0.4, 0.5) is 4.79 Å². The lowest BCUT2D eigenvalue weighted by atomic mass is 10.0. The molecule has 0 aliphatic rings. The van der Waals surface area contributed by atoms with E-state index < -0.39 is 53.6 Å². The minimum atomic E-state index is -1.40. The smallest absolute Gasteiger partial charge is 0.405 e. The monoisotopic (exact) mass is 516 g/mol. The zero-order valence-corrected chi connectivity index (χ0v) is 20.9. The fraction of sp³-hybridized carbons (Fsp3) is 0.458. The molecule has 0 bridgehead atoms. The summed E-state index contributed by atoms with van der Waals surface area (Å²) in [6.45, 7) is 4.63. The van der Waals surface area contributed by atoms with Crippen molar-refractivity contribution in [3.05, 3.63) is 35.4 Å². The van der Waals surface area contributed by atoms with Crippen LogP contribution in [0.5, 0.6) is 0 Å². The summed E-state index contributed by atoms with van der Waals surface area (Å²) in [5.41, 5.74) is 6.37. The number of nitrogens with two attached hydrogens (primary N) is 1. The summed E-state index contributed by atoms with van der Waals surface area (Å²) in [7, 11) is 0. The van der Waals surface area contributed by atoms with Gasteiger partial charge in [0.15, 0.2) is 0 Å². The molecule has 7 N–H and O–H groups in total. The van der Waals surface area contributed by atoms with E-state index in [0.29, 0.717) is 11.1 Å². The number of amides is 5. The number of carbonyl (C=O) groups excluding carboxylic acids is 5. The Morgan fingerprint density at radius 3 is 2.27 bits per heavy atom. The number of nitrogens with zero attached hydrogens (tertiary/aromatic N) is 1.